The van der Waals surface area contributed by atoms with Gasteiger partial charge in [0.05, 0.1) is 17.1 Å². The Bertz CT molecular complexity index is 1170. The first-order chi connectivity index (χ1) is 16.6. The number of halogens is 3. The van der Waals surface area contributed by atoms with E-state index in [0.717, 1.165) is 5.69 Å². The zero-order valence-electron chi connectivity index (χ0n) is 18.6. The molecule has 8 nitrogen and oxygen atoms in total. The summed E-state index contributed by atoms with van der Waals surface area (Å²) in [5.41, 5.74) is 8.35. The van der Waals surface area contributed by atoms with Crippen LogP contribution in [0.15, 0.2) is 53.5 Å². The van der Waals surface area contributed by atoms with Crippen LogP contribution < -0.4 is 21.3 Å². The highest BCUT2D eigenvalue weighted by molar-refractivity contribution is 6.22. The van der Waals surface area contributed by atoms with E-state index >= 15 is 0 Å². The van der Waals surface area contributed by atoms with Crippen LogP contribution in [0.2, 0.25) is 0 Å². The maximum atomic E-state index is 13.5. The number of carbonyl (C=O) groups is 3. The Morgan fingerprint density at radius 1 is 1.17 bits per heavy atom. The molecule has 0 fully saturated rings. The van der Waals surface area contributed by atoms with E-state index in [4.69, 9.17) is 5.73 Å². The van der Waals surface area contributed by atoms with Gasteiger partial charge in [0, 0.05) is 43.0 Å². The van der Waals surface area contributed by atoms with Gasteiger partial charge in [0.15, 0.2) is 0 Å². The summed E-state index contributed by atoms with van der Waals surface area (Å²) in [5, 5.41) is 5.73. The number of alkyl halides is 3. The molecule has 35 heavy (non-hydrogen) atoms. The molecule has 0 aliphatic carbocycles. The molecule has 2 aliphatic rings. The van der Waals surface area contributed by atoms with E-state index in [1.54, 1.807) is 0 Å². The average Bonchev–Trinajstić information content (AvgIpc) is 2.93. The lowest BCUT2D eigenvalue weighted by Crippen LogP contribution is -2.51. The number of nitrogens with one attached hydrogen (secondary N) is 2. The second-order valence-corrected chi connectivity index (χ2v) is 8.39. The molecule has 2 aromatic rings. The molecule has 3 amide bonds. The molecular weight excluding hydrogens is 463 g/mol. The summed E-state index contributed by atoms with van der Waals surface area (Å²) in [4.78, 5) is 44.0. The smallest absolute Gasteiger partial charge is 0.382 e. The van der Waals surface area contributed by atoms with Crippen molar-refractivity contribution in [3.05, 3.63) is 59.7 Å². The third-order valence-electron chi connectivity index (χ3n) is 5.89. The standard InChI is InChI=1S/C24H24F3N5O3/c25-24(26,27)10-9-15(13-18(28)33)22(34)31-21-23(35)32-12-11-29-17-8-4-7-16(20(17)32)19(30-21)14-5-2-1-3-6-14/h1-8,15,21,29H,9-13H2,(H2,28,33)(H,31,34). The van der Waals surface area contributed by atoms with Gasteiger partial charge in [-0.15, -0.1) is 0 Å². The van der Waals surface area contributed by atoms with Crippen LogP contribution in [-0.4, -0.2) is 48.9 Å². The Labute approximate surface area is 199 Å². The van der Waals surface area contributed by atoms with E-state index in [0.29, 0.717) is 35.6 Å². The highest BCUT2D eigenvalue weighted by Crippen LogP contribution is 2.37. The Morgan fingerprint density at radius 2 is 1.91 bits per heavy atom. The molecule has 2 heterocycles. The topological polar surface area (TPSA) is 117 Å². The summed E-state index contributed by atoms with van der Waals surface area (Å²) in [5.74, 6) is -3.66. The summed E-state index contributed by atoms with van der Waals surface area (Å²) in [7, 11) is 0. The Balaban J connectivity index is 1.71. The number of hydrogen-bond acceptors (Lipinski definition) is 5. The molecule has 4 rings (SSSR count). The molecule has 184 valence electrons. The van der Waals surface area contributed by atoms with Crippen LogP contribution in [0, 0.1) is 5.92 Å². The fourth-order valence-corrected chi connectivity index (χ4v) is 4.28. The first-order valence-corrected chi connectivity index (χ1v) is 11.1. The minimum absolute atomic E-state index is 0.311. The van der Waals surface area contributed by atoms with Gasteiger partial charge >= 0.3 is 6.18 Å². The second kappa shape index (κ2) is 9.77. The Morgan fingerprint density at radius 3 is 2.60 bits per heavy atom. The molecule has 11 heteroatoms. The molecule has 0 spiro atoms. The zero-order chi connectivity index (χ0) is 25.2. The zero-order valence-corrected chi connectivity index (χ0v) is 18.6. The summed E-state index contributed by atoms with van der Waals surface area (Å²) >= 11 is 0. The van der Waals surface area contributed by atoms with Crippen LogP contribution in [0.1, 0.15) is 30.4 Å². The lowest BCUT2D eigenvalue weighted by Gasteiger charge is -2.32. The molecule has 4 N–H and O–H groups in total. The van der Waals surface area contributed by atoms with Crippen LogP contribution in [0.4, 0.5) is 24.5 Å². The molecule has 2 aliphatic heterocycles. The van der Waals surface area contributed by atoms with E-state index in [9.17, 15) is 27.6 Å². The lowest BCUT2D eigenvalue weighted by atomic mass is 9.97. The van der Waals surface area contributed by atoms with Gasteiger partial charge in [0.25, 0.3) is 5.91 Å². The van der Waals surface area contributed by atoms with Crippen LogP contribution in [0.5, 0.6) is 0 Å². The average molecular weight is 487 g/mol. The molecule has 2 aromatic carbocycles. The summed E-state index contributed by atoms with van der Waals surface area (Å²) < 4.78 is 38.4. The minimum Gasteiger partial charge on any atom is -0.382 e. The molecule has 0 bridgehead atoms. The van der Waals surface area contributed by atoms with Gasteiger partial charge < -0.3 is 21.3 Å². The summed E-state index contributed by atoms with van der Waals surface area (Å²) in [6.07, 6.45) is -8.37. The highest BCUT2D eigenvalue weighted by atomic mass is 19.4. The predicted molar refractivity (Wildman–Crippen MR) is 124 cm³/mol. The maximum absolute atomic E-state index is 13.5. The number of nitrogens with zero attached hydrogens (tertiary/aromatic N) is 2. The van der Waals surface area contributed by atoms with Gasteiger partial charge in [-0.1, -0.05) is 42.5 Å². The van der Waals surface area contributed by atoms with Gasteiger partial charge in [-0.05, 0) is 12.5 Å². The largest absolute Gasteiger partial charge is 0.389 e. The van der Waals surface area contributed by atoms with Crippen molar-refractivity contribution in [3.63, 3.8) is 0 Å². The van der Waals surface area contributed by atoms with E-state index in [1.165, 1.54) is 4.90 Å². The van der Waals surface area contributed by atoms with Crippen molar-refractivity contribution in [2.45, 2.75) is 31.6 Å². The van der Waals surface area contributed by atoms with E-state index in [2.05, 4.69) is 15.6 Å². The van der Waals surface area contributed by atoms with Crippen LogP contribution in [0.3, 0.4) is 0 Å². The van der Waals surface area contributed by atoms with Gasteiger partial charge in [-0.25, -0.2) is 4.99 Å². The van der Waals surface area contributed by atoms with Gasteiger partial charge in [0.2, 0.25) is 18.0 Å². The third kappa shape index (κ3) is 5.44. The predicted octanol–water partition coefficient (Wildman–Crippen LogP) is 2.57. The van der Waals surface area contributed by atoms with E-state index in [1.807, 2.05) is 48.5 Å². The summed E-state index contributed by atoms with van der Waals surface area (Å²) in [6, 6.07) is 14.6. The van der Waals surface area contributed by atoms with Crippen molar-refractivity contribution in [3.8, 4) is 0 Å². The number of aliphatic imine (C=N–C) groups is 1. The molecule has 0 aromatic heterocycles. The molecular formula is C24H24F3N5O3. The number of primary amides is 1. The first-order valence-electron chi connectivity index (χ1n) is 11.1. The third-order valence-corrected chi connectivity index (χ3v) is 5.89. The molecule has 2 atom stereocenters. The number of para-hydroxylation sites is 1. The number of nitrogens with two attached hydrogens (primary N) is 1. The number of anilines is 2. The van der Waals surface area contributed by atoms with Crippen LogP contribution in [-0.2, 0) is 14.4 Å². The molecule has 0 radical (unpaired) electrons. The molecule has 0 saturated heterocycles. The van der Waals surface area contributed by atoms with Crippen molar-refractivity contribution in [1.82, 2.24) is 5.32 Å². The van der Waals surface area contributed by atoms with Gasteiger partial charge in [0.1, 0.15) is 0 Å². The van der Waals surface area contributed by atoms with Crippen LogP contribution >= 0.6 is 0 Å². The van der Waals surface area contributed by atoms with Crippen LogP contribution in [0.25, 0.3) is 0 Å². The van der Waals surface area contributed by atoms with Gasteiger partial charge in [-0.2, -0.15) is 13.2 Å². The number of hydrogen-bond donors (Lipinski definition) is 3. The van der Waals surface area contributed by atoms with Crippen molar-refractivity contribution < 1.29 is 27.6 Å². The van der Waals surface area contributed by atoms with E-state index in [-0.39, 0.29) is 0 Å². The van der Waals surface area contributed by atoms with Crippen molar-refractivity contribution >= 4 is 34.8 Å². The number of carbonyl (C=O) groups excluding carboxylic acids is 3. The number of amides is 3. The maximum Gasteiger partial charge on any atom is 0.389 e. The monoisotopic (exact) mass is 487 g/mol. The highest BCUT2D eigenvalue weighted by Gasteiger charge is 2.38. The second-order valence-electron chi connectivity index (χ2n) is 8.39. The van der Waals surface area contributed by atoms with Crippen molar-refractivity contribution in [2.75, 3.05) is 23.3 Å². The van der Waals surface area contributed by atoms with Gasteiger partial charge in [-0.3, -0.25) is 14.4 Å². The Kier molecular flexibility index (Phi) is 6.77. The normalized spacial score (nSPS) is 18.0. The number of rotatable bonds is 7. The summed E-state index contributed by atoms with van der Waals surface area (Å²) in [6.45, 7) is 0.783. The van der Waals surface area contributed by atoms with Crippen molar-refractivity contribution in [1.29, 1.82) is 0 Å². The van der Waals surface area contributed by atoms with Crippen molar-refractivity contribution in [2.24, 2.45) is 16.6 Å². The fraction of sp³-hybridized carbons (Fsp3) is 0.333. The van der Waals surface area contributed by atoms with E-state index < -0.39 is 55.2 Å². The lowest BCUT2D eigenvalue weighted by molar-refractivity contribution is -0.143. The first kappa shape index (κ1) is 24.2. The minimum atomic E-state index is -4.51. The quantitative estimate of drug-likeness (QED) is 0.557. The molecule has 0 saturated carbocycles. The fourth-order valence-electron chi connectivity index (χ4n) is 4.28. The SMILES string of the molecule is NC(=O)CC(CCC(F)(F)F)C(=O)NC1N=C(c2ccccc2)c2cccc3c2N(CCN3)C1=O. The Hall–Kier alpha value is -3.89. The number of benzene rings is 2. The molecule has 2 unspecified atom stereocenters.